The molecule has 0 radical (unpaired) electrons. The molecule has 3 aromatic rings. The first-order valence-corrected chi connectivity index (χ1v) is 10.5. The van der Waals surface area contributed by atoms with Crippen LogP contribution in [-0.2, 0) is 17.9 Å². The van der Waals surface area contributed by atoms with Crippen molar-refractivity contribution in [2.45, 2.75) is 32.6 Å². The number of carbonyl (C=O) groups is 1. The van der Waals surface area contributed by atoms with Gasteiger partial charge in [0, 0.05) is 12.1 Å². The summed E-state index contributed by atoms with van der Waals surface area (Å²) in [5.41, 5.74) is 2.78. The quantitative estimate of drug-likeness (QED) is 0.517. The van der Waals surface area contributed by atoms with Gasteiger partial charge in [-0.1, -0.05) is 53.4 Å². The van der Waals surface area contributed by atoms with Gasteiger partial charge in [-0.25, -0.2) is 4.98 Å². The minimum atomic E-state index is -0.719. The van der Waals surface area contributed by atoms with Crippen molar-refractivity contribution in [1.29, 1.82) is 0 Å². The fraction of sp³-hybridized carbons (Fsp3) is 0.250. The Bertz CT molecular complexity index is 1220. The highest BCUT2D eigenvalue weighted by molar-refractivity contribution is 6.34. The van der Waals surface area contributed by atoms with E-state index in [0.29, 0.717) is 40.1 Å². The lowest BCUT2D eigenvalue weighted by molar-refractivity contribution is 0.0144. The van der Waals surface area contributed by atoms with Gasteiger partial charge in [0.25, 0.3) is 5.91 Å². The zero-order valence-electron chi connectivity index (χ0n) is 17.4. The lowest BCUT2D eigenvalue weighted by Crippen LogP contribution is -2.25. The van der Waals surface area contributed by atoms with Crippen molar-refractivity contribution >= 4 is 29.1 Å². The topological polar surface area (TPSA) is 47.4 Å². The average Bonchev–Trinajstić information content (AvgIpc) is 3.09. The second-order valence-corrected chi connectivity index (χ2v) is 8.66. The highest BCUT2D eigenvalue weighted by atomic mass is 35.5. The number of amides is 1. The van der Waals surface area contributed by atoms with Crippen LogP contribution in [0.5, 0.6) is 0 Å². The molecule has 2 heterocycles. The molecule has 1 aliphatic heterocycles. The van der Waals surface area contributed by atoms with E-state index in [1.54, 1.807) is 24.3 Å². The van der Waals surface area contributed by atoms with Gasteiger partial charge in [-0.3, -0.25) is 9.36 Å². The lowest BCUT2D eigenvalue weighted by atomic mass is 10.1. The summed E-state index contributed by atoms with van der Waals surface area (Å²) < 4.78 is 7.88. The van der Waals surface area contributed by atoms with Gasteiger partial charge in [-0.15, -0.1) is 0 Å². The van der Waals surface area contributed by atoms with Crippen LogP contribution in [0.2, 0.25) is 10.0 Å². The van der Waals surface area contributed by atoms with Crippen molar-refractivity contribution in [2.75, 3.05) is 7.05 Å². The molecule has 0 saturated heterocycles. The molecule has 0 saturated carbocycles. The molecule has 7 heteroatoms. The first-order valence-electron chi connectivity index (χ1n) is 9.78. The number of aromatic nitrogens is 2. The largest absolute Gasteiger partial charge is 0.358 e. The molecule has 0 N–H and O–H groups in total. The molecule has 0 bridgehead atoms. The molecule has 0 aliphatic carbocycles. The summed E-state index contributed by atoms with van der Waals surface area (Å²) in [5.74, 6) is 6.17. The molecule has 2 aromatic carbocycles. The first kappa shape index (κ1) is 21.5. The van der Waals surface area contributed by atoms with Crippen LogP contribution >= 0.6 is 23.2 Å². The maximum Gasteiger partial charge on any atom is 0.257 e. The van der Waals surface area contributed by atoms with E-state index in [1.165, 1.54) is 0 Å². The maximum atomic E-state index is 12.8. The summed E-state index contributed by atoms with van der Waals surface area (Å²) in [6.45, 7) is 4.52. The molecule has 1 aliphatic rings. The number of carbonyl (C=O) groups excluding carboxylic acids is 1. The summed E-state index contributed by atoms with van der Waals surface area (Å²) >= 11 is 12.5. The van der Waals surface area contributed by atoms with E-state index < -0.39 is 5.60 Å². The number of hydrogen-bond acceptors (Lipinski definition) is 3. The molecule has 4 rings (SSSR count). The van der Waals surface area contributed by atoms with Gasteiger partial charge < -0.3 is 9.64 Å². The van der Waals surface area contributed by atoms with Crippen LogP contribution in [0.15, 0.2) is 48.8 Å². The number of imidazole rings is 1. The highest BCUT2D eigenvalue weighted by Crippen LogP contribution is 2.30. The van der Waals surface area contributed by atoms with Crippen LogP contribution in [-0.4, -0.2) is 33.0 Å². The molecule has 5 nitrogen and oxygen atoms in total. The Morgan fingerprint density at radius 1 is 1.13 bits per heavy atom. The Kier molecular flexibility index (Phi) is 5.81. The Morgan fingerprint density at radius 2 is 1.87 bits per heavy atom. The molecule has 0 unspecified atom stereocenters. The molecule has 1 amide bonds. The normalized spacial score (nSPS) is 13.2. The monoisotopic (exact) mass is 453 g/mol. The van der Waals surface area contributed by atoms with Crippen molar-refractivity contribution in [3.05, 3.63) is 81.4 Å². The summed E-state index contributed by atoms with van der Waals surface area (Å²) in [5, 5.41) is 1.08. The van der Waals surface area contributed by atoms with Gasteiger partial charge in [0.15, 0.2) is 0 Å². The number of benzene rings is 2. The minimum absolute atomic E-state index is 0.133. The zero-order chi connectivity index (χ0) is 22.2. The Balaban J connectivity index is 1.64. The zero-order valence-corrected chi connectivity index (χ0v) is 19.0. The summed E-state index contributed by atoms with van der Waals surface area (Å²) in [7, 11) is 1.74. The van der Waals surface area contributed by atoms with Crippen LogP contribution in [0.1, 0.15) is 41.2 Å². The van der Waals surface area contributed by atoms with Crippen molar-refractivity contribution in [3.8, 4) is 17.5 Å². The molecule has 0 spiro atoms. The third-order valence-corrected chi connectivity index (χ3v) is 5.78. The third kappa shape index (κ3) is 4.33. The van der Waals surface area contributed by atoms with Gasteiger partial charge in [-0.2, -0.15) is 0 Å². The number of hydrogen-bond donors (Lipinski definition) is 0. The van der Waals surface area contributed by atoms with Crippen molar-refractivity contribution in [1.82, 2.24) is 14.5 Å². The van der Waals surface area contributed by atoms with Gasteiger partial charge >= 0.3 is 0 Å². The van der Waals surface area contributed by atoms with Crippen LogP contribution in [0.4, 0.5) is 0 Å². The van der Waals surface area contributed by atoms with Gasteiger partial charge in [0.1, 0.15) is 17.6 Å². The Labute approximate surface area is 191 Å². The van der Waals surface area contributed by atoms with Crippen LogP contribution in [0.3, 0.4) is 0 Å². The van der Waals surface area contributed by atoms with E-state index in [1.807, 2.05) is 54.8 Å². The summed E-state index contributed by atoms with van der Waals surface area (Å²) in [4.78, 5) is 19.0. The van der Waals surface area contributed by atoms with Crippen LogP contribution < -0.4 is 0 Å². The Morgan fingerprint density at radius 3 is 2.65 bits per heavy atom. The standard InChI is InChI=1S/C24H21Cl2N3O2/c1-24(2,31-14-16-7-4-5-8-17(16)25)12-11-19-21-13-28(3)23(30)22-18(26)9-6-10-20(22)29(21)15-27-19/h4-10,15H,13-14H2,1-3H3. The fourth-order valence-corrected chi connectivity index (χ4v) is 3.81. The van der Waals surface area contributed by atoms with E-state index in [2.05, 4.69) is 16.8 Å². The summed E-state index contributed by atoms with van der Waals surface area (Å²) in [6, 6.07) is 13.0. The number of ether oxygens (including phenoxy) is 1. The van der Waals surface area contributed by atoms with E-state index in [9.17, 15) is 4.79 Å². The minimum Gasteiger partial charge on any atom is -0.358 e. The molecule has 0 fully saturated rings. The van der Waals surface area contributed by atoms with E-state index >= 15 is 0 Å². The maximum absolute atomic E-state index is 12.8. The van der Waals surface area contributed by atoms with Gasteiger partial charge in [-0.05, 0) is 43.5 Å². The van der Waals surface area contributed by atoms with E-state index in [0.717, 1.165) is 11.3 Å². The van der Waals surface area contributed by atoms with Crippen LogP contribution in [0, 0.1) is 11.8 Å². The first-order chi connectivity index (χ1) is 14.8. The van der Waals surface area contributed by atoms with Crippen molar-refractivity contribution in [3.63, 3.8) is 0 Å². The molecule has 1 aromatic heterocycles. The molecular formula is C24H21Cl2N3O2. The second-order valence-electron chi connectivity index (χ2n) is 7.85. The van der Waals surface area contributed by atoms with E-state index in [-0.39, 0.29) is 5.91 Å². The number of rotatable bonds is 3. The molecule has 158 valence electrons. The predicted molar refractivity (Wildman–Crippen MR) is 122 cm³/mol. The predicted octanol–water partition coefficient (Wildman–Crippen LogP) is 5.11. The summed E-state index contributed by atoms with van der Waals surface area (Å²) in [6.07, 6.45) is 1.68. The SMILES string of the molecule is CN1Cc2c(C#CC(C)(C)OCc3ccccc3Cl)ncn2-c2cccc(Cl)c2C1=O. The number of halogens is 2. The fourth-order valence-electron chi connectivity index (χ4n) is 3.37. The highest BCUT2D eigenvalue weighted by Gasteiger charge is 2.27. The van der Waals surface area contributed by atoms with Gasteiger partial charge in [0.05, 0.1) is 35.1 Å². The second kappa shape index (κ2) is 8.39. The average molecular weight is 454 g/mol. The number of fused-ring (bicyclic) bond motifs is 3. The smallest absolute Gasteiger partial charge is 0.257 e. The Hall–Kier alpha value is -2.78. The lowest BCUT2D eigenvalue weighted by Gasteiger charge is -2.19. The molecular weight excluding hydrogens is 433 g/mol. The van der Waals surface area contributed by atoms with E-state index in [4.69, 9.17) is 27.9 Å². The third-order valence-electron chi connectivity index (χ3n) is 5.09. The number of nitrogens with zero attached hydrogens (tertiary/aromatic N) is 3. The van der Waals surface area contributed by atoms with Crippen molar-refractivity contribution in [2.24, 2.45) is 0 Å². The van der Waals surface area contributed by atoms with Crippen LogP contribution in [0.25, 0.3) is 5.69 Å². The van der Waals surface area contributed by atoms with Crippen molar-refractivity contribution < 1.29 is 9.53 Å². The molecule has 0 atom stereocenters. The molecule has 31 heavy (non-hydrogen) atoms. The van der Waals surface area contributed by atoms with Gasteiger partial charge in [0.2, 0.25) is 0 Å².